The van der Waals surface area contributed by atoms with Gasteiger partial charge in [0.1, 0.15) is 12.2 Å². The Bertz CT molecular complexity index is 492. The SMILES string of the molecule is C=C1C(=O)O[C@@H]2[C@@H]3O[C@]3(C)CC/C=C3/CC[C@]12C3. The minimum Gasteiger partial charge on any atom is -0.455 e. The van der Waals surface area contributed by atoms with E-state index in [4.69, 9.17) is 9.47 Å². The van der Waals surface area contributed by atoms with Gasteiger partial charge < -0.3 is 9.47 Å². The molecule has 0 aromatic carbocycles. The van der Waals surface area contributed by atoms with Crippen LogP contribution in [0, 0.1) is 5.41 Å². The molecule has 2 heterocycles. The number of esters is 1. The summed E-state index contributed by atoms with van der Waals surface area (Å²) in [6, 6.07) is 0. The van der Waals surface area contributed by atoms with Crippen LogP contribution < -0.4 is 0 Å². The average Bonchev–Trinajstić information content (AvgIpc) is 2.71. The van der Waals surface area contributed by atoms with Crippen molar-refractivity contribution in [3.63, 3.8) is 0 Å². The molecule has 0 radical (unpaired) electrons. The van der Waals surface area contributed by atoms with E-state index in [0.29, 0.717) is 5.57 Å². The number of ether oxygens (including phenoxy) is 2. The average molecular weight is 246 g/mol. The molecule has 2 aliphatic heterocycles. The second kappa shape index (κ2) is 3.08. The van der Waals surface area contributed by atoms with Gasteiger partial charge in [-0.1, -0.05) is 18.2 Å². The van der Waals surface area contributed by atoms with Gasteiger partial charge in [0, 0.05) is 11.0 Å². The van der Waals surface area contributed by atoms with E-state index in [1.807, 2.05) is 0 Å². The van der Waals surface area contributed by atoms with Gasteiger partial charge in [-0.25, -0.2) is 4.79 Å². The first-order chi connectivity index (χ1) is 8.55. The highest BCUT2D eigenvalue weighted by Gasteiger charge is 2.67. The summed E-state index contributed by atoms with van der Waals surface area (Å²) < 4.78 is 11.5. The molecule has 4 atom stereocenters. The van der Waals surface area contributed by atoms with Crippen LogP contribution in [0.15, 0.2) is 23.8 Å². The highest BCUT2D eigenvalue weighted by molar-refractivity contribution is 5.92. The number of epoxide rings is 1. The maximum Gasteiger partial charge on any atom is 0.334 e. The van der Waals surface area contributed by atoms with Gasteiger partial charge >= 0.3 is 5.97 Å². The maximum absolute atomic E-state index is 11.9. The monoisotopic (exact) mass is 246 g/mol. The summed E-state index contributed by atoms with van der Waals surface area (Å²) >= 11 is 0. The van der Waals surface area contributed by atoms with Crippen molar-refractivity contribution in [1.82, 2.24) is 0 Å². The van der Waals surface area contributed by atoms with Crippen LogP contribution in [0.2, 0.25) is 0 Å². The second-order valence-corrected chi connectivity index (χ2v) is 6.39. The van der Waals surface area contributed by atoms with Crippen LogP contribution in [-0.2, 0) is 14.3 Å². The van der Waals surface area contributed by atoms with Gasteiger partial charge in [-0.05, 0) is 39.0 Å². The third-order valence-corrected chi connectivity index (χ3v) is 5.35. The van der Waals surface area contributed by atoms with Crippen molar-refractivity contribution in [1.29, 1.82) is 0 Å². The molecule has 0 unspecified atom stereocenters. The molecule has 96 valence electrons. The van der Waals surface area contributed by atoms with Gasteiger partial charge in [-0.2, -0.15) is 0 Å². The zero-order valence-electron chi connectivity index (χ0n) is 10.7. The lowest BCUT2D eigenvalue weighted by Gasteiger charge is -2.27. The standard InChI is InChI=1S/C15H18O3/c1-9-13(16)17-12-11-14(2,18-11)6-3-4-10-5-7-15(9,12)8-10/h4,11-12H,1,3,5-8H2,2H3/b10-4-/t11-,12+,14+,15-/m0/s1. The van der Waals surface area contributed by atoms with Crippen molar-refractivity contribution in [3.05, 3.63) is 23.8 Å². The summed E-state index contributed by atoms with van der Waals surface area (Å²) in [5.74, 6) is -0.209. The summed E-state index contributed by atoms with van der Waals surface area (Å²) in [5, 5.41) is 0. The first-order valence-corrected chi connectivity index (χ1v) is 6.81. The molecule has 0 aromatic heterocycles. The van der Waals surface area contributed by atoms with Crippen LogP contribution in [0.5, 0.6) is 0 Å². The second-order valence-electron chi connectivity index (χ2n) is 6.39. The van der Waals surface area contributed by atoms with Crippen LogP contribution in [-0.4, -0.2) is 23.8 Å². The summed E-state index contributed by atoms with van der Waals surface area (Å²) in [6.07, 6.45) is 7.43. The van der Waals surface area contributed by atoms with Crippen molar-refractivity contribution in [2.45, 2.75) is 56.8 Å². The van der Waals surface area contributed by atoms with Crippen LogP contribution in [0.4, 0.5) is 0 Å². The number of rotatable bonds is 0. The van der Waals surface area contributed by atoms with E-state index >= 15 is 0 Å². The minimum absolute atomic E-state index is 0.0755. The fourth-order valence-corrected chi connectivity index (χ4v) is 4.07. The Morgan fingerprint density at radius 3 is 3.06 bits per heavy atom. The molecule has 18 heavy (non-hydrogen) atoms. The Morgan fingerprint density at radius 2 is 2.22 bits per heavy atom. The van der Waals surface area contributed by atoms with Crippen molar-refractivity contribution in [3.8, 4) is 0 Å². The minimum atomic E-state index is -0.209. The van der Waals surface area contributed by atoms with E-state index in [1.54, 1.807) is 0 Å². The predicted molar refractivity (Wildman–Crippen MR) is 65.9 cm³/mol. The Kier molecular flexibility index (Phi) is 1.85. The summed E-state index contributed by atoms with van der Waals surface area (Å²) in [6.45, 7) is 6.15. The van der Waals surface area contributed by atoms with Crippen molar-refractivity contribution in [2.24, 2.45) is 5.41 Å². The molecule has 2 bridgehead atoms. The fraction of sp³-hybridized carbons (Fsp3) is 0.667. The number of hydrogen-bond donors (Lipinski definition) is 0. The Labute approximate surface area is 107 Å². The lowest BCUT2D eigenvalue weighted by atomic mass is 9.73. The van der Waals surface area contributed by atoms with Crippen molar-refractivity contribution >= 4 is 5.97 Å². The van der Waals surface area contributed by atoms with Crippen molar-refractivity contribution < 1.29 is 14.3 Å². The molecular weight excluding hydrogens is 228 g/mol. The van der Waals surface area contributed by atoms with E-state index in [2.05, 4.69) is 19.6 Å². The van der Waals surface area contributed by atoms with E-state index in [9.17, 15) is 4.79 Å². The number of fused-ring (bicyclic) bond motifs is 3. The van der Waals surface area contributed by atoms with E-state index in [0.717, 1.165) is 32.1 Å². The highest BCUT2D eigenvalue weighted by atomic mass is 16.6. The van der Waals surface area contributed by atoms with Gasteiger partial charge in [0.2, 0.25) is 0 Å². The zero-order chi connectivity index (χ0) is 12.5. The lowest BCUT2D eigenvalue weighted by molar-refractivity contribution is -0.140. The highest BCUT2D eigenvalue weighted by Crippen LogP contribution is 2.60. The van der Waals surface area contributed by atoms with Gasteiger partial charge in [-0.15, -0.1) is 0 Å². The topological polar surface area (TPSA) is 38.8 Å². The van der Waals surface area contributed by atoms with Crippen LogP contribution in [0.25, 0.3) is 0 Å². The third-order valence-electron chi connectivity index (χ3n) is 5.35. The van der Waals surface area contributed by atoms with Crippen molar-refractivity contribution in [2.75, 3.05) is 0 Å². The van der Waals surface area contributed by atoms with Gasteiger partial charge in [0.15, 0.2) is 0 Å². The molecule has 1 spiro atoms. The van der Waals surface area contributed by atoms with E-state index in [1.165, 1.54) is 5.57 Å². The first-order valence-electron chi connectivity index (χ1n) is 6.81. The molecule has 3 heteroatoms. The normalized spacial score (nSPS) is 52.4. The first kappa shape index (κ1) is 10.8. The molecule has 2 aliphatic carbocycles. The molecule has 3 nitrogen and oxygen atoms in total. The number of carbonyl (C=O) groups is 1. The molecule has 4 rings (SSSR count). The quantitative estimate of drug-likeness (QED) is 0.285. The molecule has 1 saturated carbocycles. The number of carbonyl (C=O) groups excluding carboxylic acids is 1. The summed E-state index contributed by atoms with van der Waals surface area (Å²) in [4.78, 5) is 11.9. The molecule has 3 fully saturated rings. The van der Waals surface area contributed by atoms with Gasteiger partial charge in [-0.3, -0.25) is 0 Å². The van der Waals surface area contributed by atoms with Gasteiger partial charge in [0.25, 0.3) is 0 Å². The molecular formula is C15H18O3. The smallest absolute Gasteiger partial charge is 0.334 e. The van der Waals surface area contributed by atoms with Crippen LogP contribution in [0.1, 0.15) is 39.0 Å². The summed E-state index contributed by atoms with van der Waals surface area (Å²) in [5.41, 5.74) is 1.89. The Hall–Kier alpha value is -1.09. The Morgan fingerprint density at radius 1 is 1.39 bits per heavy atom. The fourth-order valence-electron chi connectivity index (χ4n) is 4.07. The third kappa shape index (κ3) is 1.16. The van der Waals surface area contributed by atoms with E-state index < -0.39 is 0 Å². The molecule has 0 N–H and O–H groups in total. The van der Waals surface area contributed by atoms with Crippen LogP contribution >= 0.6 is 0 Å². The molecule has 2 saturated heterocycles. The molecule has 0 aromatic rings. The largest absolute Gasteiger partial charge is 0.455 e. The molecule has 0 amide bonds. The zero-order valence-corrected chi connectivity index (χ0v) is 10.7. The lowest BCUT2D eigenvalue weighted by Crippen LogP contribution is -2.36. The van der Waals surface area contributed by atoms with E-state index in [-0.39, 0.29) is 29.2 Å². The Balaban J connectivity index is 1.82. The maximum atomic E-state index is 11.9. The number of hydrogen-bond acceptors (Lipinski definition) is 3. The van der Waals surface area contributed by atoms with Gasteiger partial charge in [0.05, 0.1) is 5.60 Å². The number of allylic oxidation sites excluding steroid dienone is 2. The summed E-state index contributed by atoms with van der Waals surface area (Å²) in [7, 11) is 0. The van der Waals surface area contributed by atoms with Crippen LogP contribution in [0.3, 0.4) is 0 Å². The predicted octanol–water partition coefficient (Wildman–Crippen LogP) is 2.52. The molecule has 4 aliphatic rings.